The molecule has 0 saturated carbocycles. The van der Waals surface area contributed by atoms with Crippen LogP contribution >= 0.6 is 0 Å². The Bertz CT molecular complexity index is 764. The molecule has 0 bridgehead atoms. The van der Waals surface area contributed by atoms with E-state index >= 15 is 0 Å². The van der Waals surface area contributed by atoms with Crippen molar-refractivity contribution in [1.29, 1.82) is 0 Å². The fraction of sp³-hybridized carbons (Fsp3) is 0.188. The van der Waals surface area contributed by atoms with Gasteiger partial charge in [0.05, 0.1) is 11.6 Å². The number of hydrogen-bond acceptors (Lipinski definition) is 3. The number of para-hydroxylation sites is 1. The maximum absolute atomic E-state index is 12.6. The van der Waals surface area contributed by atoms with Gasteiger partial charge in [-0.3, -0.25) is 4.79 Å². The van der Waals surface area contributed by atoms with Gasteiger partial charge in [0.25, 0.3) is 0 Å². The zero-order valence-electron chi connectivity index (χ0n) is 10.8. The Labute approximate surface area is 110 Å². The summed E-state index contributed by atoms with van der Waals surface area (Å²) < 4.78 is 11.3. The fourth-order valence-corrected chi connectivity index (χ4v) is 2.22. The van der Waals surface area contributed by atoms with Crippen molar-refractivity contribution in [2.24, 2.45) is 0 Å². The van der Waals surface area contributed by atoms with Crippen LogP contribution in [0.4, 0.5) is 0 Å². The zero-order chi connectivity index (χ0) is 13.4. The molecule has 0 atom stereocenters. The predicted molar refractivity (Wildman–Crippen MR) is 74.3 cm³/mol. The number of furan rings is 1. The second kappa shape index (κ2) is 4.43. The van der Waals surface area contributed by atoms with E-state index in [1.165, 1.54) is 0 Å². The summed E-state index contributed by atoms with van der Waals surface area (Å²) in [5.74, 6) is 1.33. The van der Waals surface area contributed by atoms with Crippen molar-refractivity contribution in [3.8, 4) is 11.3 Å². The minimum absolute atomic E-state index is 0.0412. The first-order valence-corrected chi connectivity index (χ1v) is 6.28. The van der Waals surface area contributed by atoms with Crippen LogP contribution in [-0.2, 0) is 0 Å². The third-order valence-corrected chi connectivity index (χ3v) is 3.12. The highest BCUT2D eigenvalue weighted by Crippen LogP contribution is 2.29. The van der Waals surface area contributed by atoms with E-state index in [9.17, 15) is 4.79 Å². The normalized spacial score (nSPS) is 11.3. The molecule has 0 aliphatic heterocycles. The minimum Gasteiger partial charge on any atom is -0.464 e. The van der Waals surface area contributed by atoms with Gasteiger partial charge in [-0.15, -0.1) is 0 Å². The molecule has 1 aromatic carbocycles. The van der Waals surface area contributed by atoms with Crippen molar-refractivity contribution in [3.63, 3.8) is 0 Å². The molecule has 3 nitrogen and oxygen atoms in total. The zero-order valence-corrected chi connectivity index (χ0v) is 10.8. The Hall–Kier alpha value is -2.29. The first kappa shape index (κ1) is 11.8. The molecular weight excluding hydrogens is 240 g/mol. The summed E-state index contributed by atoms with van der Waals surface area (Å²) in [6, 6.07) is 10.8. The van der Waals surface area contributed by atoms with Crippen molar-refractivity contribution in [1.82, 2.24) is 0 Å². The fourth-order valence-electron chi connectivity index (χ4n) is 2.22. The molecule has 2 heterocycles. The SMILES string of the molecule is CC(C)c1oc2ccccc2c(=O)c1-c1ccco1. The molecule has 3 rings (SSSR count). The third-order valence-electron chi connectivity index (χ3n) is 3.12. The van der Waals surface area contributed by atoms with E-state index < -0.39 is 0 Å². The molecule has 19 heavy (non-hydrogen) atoms. The molecule has 3 heteroatoms. The Morgan fingerprint density at radius 3 is 2.53 bits per heavy atom. The lowest BCUT2D eigenvalue weighted by Gasteiger charge is -2.10. The number of hydrogen-bond donors (Lipinski definition) is 0. The summed E-state index contributed by atoms with van der Waals surface area (Å²) >= 11 is 0. The van der Waals surface area contributed by atoms with Crippen molar-refractivity contribution in [2.45, 2.75) is 19.8 Å². The summed E-state index contributed by atoms with van der Waals surface area (Å²) in [6.45, 7) is 4.00. The van der Waals surface area contributed by atoms with Gasteiger partial charge in [-0.05, 0) is 24.3 Å². The minimum atomic E-state index is -0.0412. The molecule has 2 aromatic heterocycles. The summed E-state index contributed by atoms with van der Waals surface area (Å²) in [5.41, 5.74) is 1.10. The lowest BCUT2D eigenvalue weighted by Crippen LogP contribution is -2.09. The van der Waals surface area contributed by atoms with Gasteiger partial charge in [0.2, 0.25) is 5.43 Å². The Balaban J connectivity index is 2.44. The van der Waals surface area contributed by atoms with Crippen LogP contribution in [-0.4, -0.2) is 0 Å². The van der Waals surface area contributed by atoms with E-state index in [1.54, 1.807) is 24.5 Å². The molecule has 0 aliphatic carbocycles. The number of rotatable bonds is 2. The molecule has 96 valence electrons. The Kier molecular flexibility index (Phi) is 2.75. The average molecular weight is 254 g/mol. The second-order valence-corrected chi connectivity index (χ2v) is 4.80. The van der Waals surface area contributed by atoms with E-state index in [0.717, 1.165) is 0 Å². The standard InChI is InChI=1S/C16H14O3/c1-10(2)16-14(13-8-5-9-18-13)15(17)11-6-3-4-7-12(11)19-16/h3-10H,1-2H3. The van der Waals surface area contributed by atoms with Gasteiger partial charge < -0.3 is 8.83 Å². The largest absolute Gasteiger partial charge is 0.464 e. The van der Waals surface area contributed by atoms with Crippen LogP contribution in [0.1, 0.15) is 25.5 Å². The quantitative estimate of drug-likeness (QED) is 0.689. The van der Waals surface area contributed by atoms with Gasteiger partial charge >= 0.3 is 0 Å². The molecule has 3 aromatic rings. The monoisotopic (exact) mass is 254 g/mol. The molecule has 0 saturated heterocycles. The van der Waals surface area contributed by atoms with Gasteiger partial charge in [0.15, 0.2) is 0 Å². The Morgan fingerprint density at radius 1 is 1.05 bits per heavy atom. The van der Waals surface area contributed by atoms with E-state index in [2.05, 4.69) is 0 Å². The smallest absolute Gasteiger partial charge is 0.203 e. The van der Waals surface area contributed by atoms with Crippen molar-refractivity contribution in [3.05, 3.63) is 58.6 Å². The summed E-state index contributed by atoms with van der Waals surface area (Å²) in [7, 11) is 0. The number of benzene rings is 1. The van der Waals surface area contributed by atoms with E-state index in [1.807, 2.05) is 32.0 Å². The molecule has 0 aliphatic rings. The van der Waals surface area contributed by atoms with Gasteiger partial charge in [0, 0.05) is 5.92 Å². The van der Waals surface area contributed by atoms with Crippen LogP contribution < -0.4 is 5.43 Å². The Morgan fingerprint density at radius 2 is 1.84 bits per heavy atom. The van der Waals surface area contributed by atoms with Crippen LogP contribution in [0.2, 0.25) is 0 Å². The molecule has 0 radical (unpaired) electrons. The maximum atomic E-state index is 12.6. The first-order valence-electron chi connectivity index (χ1n) is 6.28. The van der Waals surface area contributed by atoms with Gasteiger partial charge in [-0.25, -0.2) is 0 Å². The number of fused-ring (bicyclic) bond motifs is 1. The van der Waals surface area contributed by atoms with Crippen LogP contribution in [0.25, 0.3) is 22.3 Å². The summed E-state index contributed by atoms with van der Waals surface area (Å²) in [6.07, 6.45) is 1.56. The van der Waals surface area contributed by atoms with Crippen molar-refractivity contribution < 1.29 is 8.83 Å². The van der Waals surface area contributed by atoms with E-state index in [0.29, 0.717) is 28.1 Å². The summed E-state index contributed by atoms with van der Waals surface area (Å²) in [5, 5.41) is 0.582. The van der Waals surface area contributed by atoms with Crippen molar-refractivity contribution >= 4 is 11.0 Å². The third kappa shape index (κ3) is 1.87. The van der Waals surface area contributed by atoms with Gasteiger partial charge in [-0.2, -0.15) is 0 Å². The van der Waals surface area contributed by atoms with Crippen LogP contribution in [0.3, 0.4) is 0 Å². The highest BCUT2D eigenvalue weighted by molar-refractivity contribution is 5.81. The topological polar surface area (TPSA) is 43.4 Å². The molecule has 0 spiro atoms. The molecule has 0 fully saturated rings. The van der Waals surface area contributed by atoms with E-state index in [-0.39, 0.29) is 11.3 Å². The molecule has 0 N–H and O–H groups in total. The van der Waals surface area contributed by atoms with Crippen molar-refractivity contribution in [2.75, 3.05) is 0 Å². The highest BCUT2D eigenvalue weighted by atomic mass is 16.3. The van der Waals surface area contributed by atoms with Crippen LogP contribution in [0.15, 0.2) is 56.3 Å². The lowest BCUT2D eigenvalue weighted by molar-refractivity contribution is 0.504. The van der Waals surface area contributed by atoms with E-state index in [4.69, 9.17) is 8.83 Å². The predicted octanol–water partition coefficient (Wildman–Crippen LogP) is 4.18. The first-order chi connectivity index (χ1) is 9.18. The highest BCUT2D eigenvalue weighted by Gasteiger charge is 2.19. The second-order valence-electron chi connectivity index (χ2n) is 4.80. The maximum Gasteiger partial charge on any atom is 0.203 e. The van der Waals surface area contributed by atoms with Crippen LogP contribution in [0, 0.1) is 0 Å². The molecule has 0 unspecified atom stereocenters. The lowest BCUT2D eigenvalue weighted by atomic mass is 10.0. The van der Waals surface area contributed by atoms with Crippen LogP contribution in [0.5, 0.6) is 0 Å². The summed E-state index contributed by atoms with van der Waals surface area (Å²) in [4.78, 5) is 12.6. The molecule has 0 amide bonds. The molecular formula is C16H14O3. The van der Waals surface area contributed by atoms with Gasteiger partial charge in [-0.1, -0.05) is 26.0 Å². The van der Waals surface area contributed by atoms with Gasteiger partial charge in [0.1, 0.15) is 22.7 Å². The average Bonchev–Trinajstić information content (AvgIpc) is 2.92.